The van der Waals surface area contributed by atoms with Gasteiger partial charge in [-0.2, -0.15) is 0 Å². The molecule has 0 aliphatic rings. The van der Waals surface area contributed by atoms with Crippen molar-refractivity contribution in [2.75, 3.05) is 19.9 Å². The van der Waals surface area contributed by atoms with Crippen LogP contribution in [0.3, 0.4) is 0 Å². The van der Waals surface area contributed by atoms with Crippen LogP contribution in [0.1, 0.15) is 11.7 Å². The number of benzene rings is 1. The van der Waals surface area contributed by atoms with Crippen LogP contribution in [-0.2, 0) is 9.84 Å². The summed E-state index contributed by atoms with van der Waals surface area (Å²) in [5, 5.41) is 9.59. The van der Waals surface area contributed by atoms with Gasteiger partial charge in [0.05, 0.1) is 13.2 Å². The van der Waals surface area contributed by atoms with E-state index in [2.05, 4.69) is 0 Å². The average molecular weight is 263 g/mol. The lowest BCUT2D eigenvalue weighted by Gasteiger charge is -2.16. The van der Waals surface area contributed by atoms with Gasteiger partial charge in [-0.3, -0.25) is 0 Å². The van der Waals surface area contributed by atoms with E-state index in [1.165, 1.54) is 7.11 Å². The number of ether oxygens (including phenoxy) is 1. The minimum Gasteiger partial charge on any atom is -0.495 e. The molecule has 0 aliphatic carbocycles. The maximum atomic E-state index is 13.3. The summed E-state index contributed by atoms with van der Waals surface area (Å²) in [5.41, 5.74) is 5.28. The molecule has 0 fully saturated rings. The van der Waals surface area contributed by atoms with Gasteiger partial charge in [0.1, 0.15) is 16.5 Å². The van der Waals surface area contributed by atoms with Crippen LogP contribution in [0.25, 0.3) is 0 Å². The van der Waals surface area contributed by atoms with Crippen molar-refractivity contribution >= 4 is 9.84 Å². The van der Waals surface area contributed by atoms with Crippen LogP contribution in [-0.4, -0.2) is 33.4 Å². The molecule has 96 valence electrons. The highest BCUT2D eigenvalue weighted by atomic mass is 32.2. The maximum Gasteiger partial charge on any atom is 0.179 e. The number of nitrogens with two attached hydrogens (primary N) is 1. The number of hydrogen-bond acceptors (Lipinski definition) is 5. The Bertz CT molecular complexity index is 515. The Kier molecular flexibility index (Phi) is 4.07. The molecular formula is C10H14FNO4S. The molecule has 3 N–H and O–H groups in total. The zero-order valence-corrected chi connectivity index (χ0v) is 10.3. The lowest BCUT2D eigenvalue weighted by Crippen LogP contribution is -2.14. The van der Waals surface area contributed by atoms with Crippen LogP contribution < -0.4 is 10.5 Å². The number of methoxy groups -OCH3 is 1. The number of aliphatic hydroxyl groups is 1. The summed E-state index contributed by atoms with van der Waals surface area (Å²) in [6, 6.07) is 1.85. The molecule has 7 heteroatoms. The van der Waals surface area contributed by atoms with Gasteiger partial charge in [0, 0.05) is 18.4 Å². The van der Waals surface area contributed by atoms with Crippen LogP contribution in [0.15, 0.2) is 17.0 Å². The second-order valence-electron chi connectivity index (χ2n) is 3.55. The van der Waals surface area contributed by atoms with Crippen LogP contribution in [0.4, 0.5) is 4.39 Å². The van der Waals surface area contributed by atoms with Crippen molar-refractivity contribution in [2.24, 2.45) is 5.73 Å². The Balaban J connectivity index is 3.57. The quantitative estimate of drug-likeness (QED) is 0.811. The van der Waals surface area contributed by atoms with Gasteiger partial charge in [0.25, 0.3) is 0 Å². The molecule has 0 saturated heterocycles. The molecule has 5 nitrogen and oxygen atoms in total. The Hall–Kier alpha value is -1.18. The fourth-order valence-corrected chi connectivity index (χ4v) is 2.32. The third kappa shape index (κ3) is 2.93. The van der Waals surface area contributed by atoms with Crippen molar-refractivity contribution in [3.8, 4) is 5.75 Å². The fraction of sp³-hybridized carbons (Fsp3) is 0.400. The molecule has 0 amide bonds. The molecule has 1 atom stereocenters. The first-order valence-corrected chi connectivity index (χ1v) is 6.66. The summed E-state index contributed by atoms with van der Waals surface area (Å²) in [7, 11) is -2.40. The molecule has 1 unspecified atom stereocenters. The number of halogens is 1. The summed E-state index contributed by atoms with van der Waals surface area (Å²) in [5.74, 6) is -0.847. The smallest absolute Gasteiger partial charge is 0.179 e. The predicted octanol–water partition coefficient (Wildman–Crippen LogP) is 0.230. The van der Waals surface area contributed by atoms with Crippen LogP contribution in [0, 0.1) is 5.82 Å². The fourth-order valence-electron chi connectivity index (χ4n) is 1.46. The Morgan fingerprint density at radius 1 is 1.53 bits per heavy atom. The summed E-state index contributed by atoms with van der Waals surface area (Å²) in [6.45, 7) is -0.164. The van der Waals surface area contributed by atoms with Crippen molar-refractivity contribution in [2.45, 2.75) is 11.0 Å². The highest BCUT2D eigenvalue weighted by Crippen LogP contribution is 2.33. The Morgan fingerprint density at radius 2 is 2.12 bits per heavy atom. The second-order valence-corrected chi connectivity index (χ2v) is 5.53. The van der Waals surface area contributed by atoms with Gasteiger partial charge < -0.3 is 15.6 Å². The summed E-state index contributed by atoms with van der Waals surface area (Å²) >= 11 is 0. The van der Waals surface area contributed by atoms with Crippen LogP contribution in [0.2, 0.25) is 0 Å². The number of hydrogen-bond donors (Lipinski definition) is 2. The van der Waals surface area contributed by atoms with Gasteiger partial charge in [0.2, 0.25) is 0 Å². The van der Waals surface area contributed by atoms with E-state index < -0.39 is 21.8 Å². The molecule has 0 radical (unpaired) electrons. The molecule has 17 heavy (non-hydrogen) atoms. The first-order chi connectivity index (χ1) is 7.81. The maximum absolute atomic E-state index is 13.3. The Morgan fingerprint density at radius 3 is 2.53 bits per heavy atom. The number of aliphatic hydroxyl groups excluding tert-OH is 1. The number of rotatable bonds is 4. The molecule has 0 aromatic heterocycles. The van der Waals surface area contributed by atoms with E-state index in [0.29, 0.717) is 0 Å². The van der Waals surface area contributed by atoms with Crippen molar-refractivity contribution < 1.29 is 22.7 Å². The van der Waals surface area contributed by atoms with Gasteiger partial charge >= 0.3 is 0 Å². The molecule has 0 saturated carbocycles. The van der Waals surface area contributed by atoms with Crippen molar-refractivity contribution in [1.82, 2.24) is 0 Å². The zero-order chi connectivity index (χ0) is 13.2. The van der Waals surface area contributed by atoms with E-state index in [-0.39, 0.29) is 22.8 Å². The normalized spacial score (nSPS) is 13.5. The third-order valence-electron chi connectivity index (χ3n) is 2.23. The summed E-state index contributed by atoms with van der Waals surface area (Å²) in [6.07, 6.45) is -0.246. The highest BCUT2D eigenvalue weighted by Gasteiger charge is 2.22. The largest absolute Gasteiger partial charge is 0.495 e. The van der Waals surface area contributed by atoms with E-state index in [4.69, 9.17) is 10.5 Å². The summed E-state index contributed by atoms with van der Waals surface area (Å²) < 4.78 is 41.2. The molecule has 0 heterocycles. The molecule has 1 aromatic carbocycles. The van der Waals surface area contributed by atoms with Crippen molar-refractivity contribution in [3.05, 3.63) is 23.5 Å². The average Bonchev–Trinajstić information content (AvgIpc) is 2.25. The molecule has 0 spiro atoms. The van der Waals surface area contributed by atoms with Gasteiger partial charge in [-0.05, 0) is 12.1 Å². The lowest BCUT2D eigenvalue weighted by molar-refractivity contribution is 0.181. The monoisotopic (exact) mass is 263 g/mol. The van der Waals surface area contributed by atoms with E-state index in [9.17, 15) is 17.9 Å². The van der Waals surface area contributed by atoms with Crippen molar-refractivity contribution in [1.29, 1.82) is 0 Å². The Labute approximate surface area is 98.9 Å². The minimum atomic E-state index is -3.65. The molecule has 1 aromatic rings. The van der Waals surface area contributed by atoms with Crippen LogP contribution >= 0.6 is 0 Å². The molecular weight excluding hydrogens is 249 g/mol. The topological polar surface area (TPSA) is 89.6 Å². The molecule has 1 rings (SSSR count). The standard InChI is InChI=1S/C10H14FNO4S/c1-16-10-7(8(13)5-12)3-6(11)4-9(10)17(2,14)15/h3-4,8,13H,5,12H2,1-2H3. The number of sulfone groups is 1. The lowest BCUT2D eigenvalue weighted by atomic mass is 10.1. The molecule has 0 bridgehead atoms. The van der Waals surface area contributed by atoms with Gasteiger partial charge in [-0.25, -0.2) is 12.8 Å². The van der Waals surface area contributed by atoms with Crippen LogP contribution in [0.5, 0.6) is 5.75 Å². The van der Waals surface area contributed by atoms with Crippen molar-refractivity contribution in [3.63, 3.8) is 0 Å². The van der Waals surface area contributed by atoms with E-state index in [1.807, 2.05) is 0 Å². The van der Waals surface area contributed by atoms with E-state index in [0.717, 1.165) is 18.4 Å². The highest BCUT2D eigenvalue weighted by molar-refractivity contribution is 7.90. The van der Waals surface area contributed by atoms with E-state index in [1.54, 1.807) is 0 Å². The third-order valence-corrected chi connectivity index (χ3v) is 3.34. The minimum absolute atomic E-state index is 0.0235. The SMILES string of the molecule is COc1c(C(O)CN)cc(F)cc1S(C)(=O)=O. The van der Waals surface area contributed by atoms with Gasteiger partial charge in [0.15, 0.2) is 9.84 Å². The van der Waals surface area contributed by atoms with Gasteiger partial charge in [-0.15, -0.1) is 0 Å². The predicted molar refractivity (Wildman–Crippen MR) is 60.1 cm³/mol. The summed E-state index contributed by atoms with van der Waals surface area (Å²) in [4.78, 5) is -0.303. The first kappa shape index (κ1) is 13.9. The second kappa shape index (κ2) is 4.99. The first-order valence-electron chi connectivity index (χ1n) is 4.77. The van der Waals surface area contributed by atoms with Gasteiger partial charge in [-0.1, -0.05) is 0 Å². The van der Waals surface area contributed by atoms with E-state index >= 15 is 0 Å². The zero-order valence-electron chi connectivity index (χ0n) is 9.47. The molecule has 0 aliphatic heterocycles.